The number of ether oxygens (including phenoxy) is 3. The second kappa shape index (κ2) is 9.45. The predicted octanol–water partition coefficient (Wildman–Crippen LogP) is 4.09. The molecule has 0 aliphatic heterocycles. The van der Waals surface area contributed by atoms with Gasteiger partial charge in [-0.2, -0.15) is 0 Å². The second-order valence-corrected chi connectivity index (χ2v) is 6.44. The van der Waals surface area contributed by atoms with Crippen molar-refractivity contribution in [3.05, 3.63) is 85.5 Å². The maximum Gasteiger partial charge on any atom is 0.262 e. The summed E-state index contributed by atoms with van der Waals surface area (Å²) in [7, 11) is 1.59. The molecule has 0 aliphatic carbocycles. The van der Waals surface area contributed by atoms with Crippen molar-refractivity contribution in [2.75, 3.05) is 19.0 Å². The van der Waals surface area contributed by atoms with Crippen molar-refractivity contribution >= 4 is 11.6 Å². The van der Waals surface area contributed by atoms with Gasteiger partial charge in [0.25, 0.3) is 5.91 Å². The van der Waals surface area contributed by atoms with E-state index >= 15 is 0 Å². The van der Waals surface area contributed by atoms with Crippen LogP contribution < -0.4 is 19.5 Å². The van der Waals surface area contributed by atoms with E-state index < -0.39 is 0 Å². The fraction of sp³-hybridized carbons (Fsp3) is 0.0870. The van der Waals surface area contributed by atoms with Gasteiger partial charge in [-0.05, 0) is 60.7 Å². The molecule has 2 aromatic heterocycles. The molecule has 156 valence electrons. The molecule has 0 saturated carbocycles. The molecule has 0 unspecified atom stereocenters. The fourth-order valence-corrected chi connectivity index (χ4v) is 2.76. The predicted molar refractivity (Wildman–Crippen MR) is 115 cm³/mol. The molecule has 0 saturated heterocycles. The first-order valence-electron chi connectivity index (χ1n) is 9.49. The molecular formula is C23H20N4O4. The molecule has 0 spiro atoms. The summed E-state index contributed by atoms with van der Waals surface area (Å²) in [4.78, 5) is 20.5. The molecule has 8 heteroatoms. The Kier molecular flexibility index (Phi) is 6.08. The smallest absolute Gasteiger partial charge is 0.262 e. The van der Waals surface area contributed by atoms with Crippen LogP contribution in [0.25, 0.3) is 5.82 Å². The second-order valence-electron chi connectivity index (χ2n) is 6.44. The number of methoxy groups -OCH3 is 1. The van der Waals surface area contributed by atoms with E-state index in [1.54, 1.807) is 61.7 Å². The highest BCUT2D eigenvalue weighted by Crippen LogP contribution is 2.22. The SMILES string of the molecule is COc1ccc(OCC(=O)Nc2ccc(Oc3cc(-n4cccc4)ncn3)cc2)cc1. The van der Waals surface area contributed by atoms with E-state index in [1.165, 1.54) is 6.33 Å². The molecule has 2 aromatic carbocycles. The van der Waals surface area contributed by atoms with Gasteiger partial charge in [0.15, 0.2) is 6.61 Å². The zero-order chi connectivity index (χ0) is 21.5. The van der Waals surface area contributed by atoms with E-state index in [0.717, 1.165) is 5.75 Å². The number of aromatic nitrogens is 3. The van der Waals surface area contributed by atoms with Crippen molar-refractivity contribution in [2.45, 2.75) is 0 Å². The summed E-state index contributed by atoms with van der Waals surface area (Å²) >= 11 is 0. The number of carbonyl (C=O) groups is 1. The number of anilines is 1. The number of benzene rings is 2. The third kappa shape index (κ3) is 5.39. The Bertz CT molecular complexity index is 1130. The maximum atomic E-state index is 12.1. The molecule has 8 nitrogen and oxygen atoms in total. The number of hydrogen-bond donors (Lipinski definition) is 1. The minimum absolute atomic E-state index is 0.103. The molecule has 4 aromatic rings. The van der Waals surface area contributed by atoms with Gasteiger partial charge in [-0.1, -0.05) is 0 Å². The van der Waals surface area contributed by atoms with Crippen molar-refractivity contribution in [1.82, 2.24) is 14.5 Å². The molecule has 1 N–H and O–H groups in total. The summed E-state index contributed by atoms with van der Waals surface area (Å²) in [5.74, 6) is 2.76. The van der Waals surface area contributed by atoms with Crippen LogP contribution in [-0.4, -0.2) is 34.2 Å². The van der Waals surface area contributed by atoms with E-state index in [9.17, 15) is 4.79 Å². The number of nitrogens with one attached hydrogen (secondary N) is 1. The third-order valence-corrected chi connectivity index (χ3v) is 4.29. The Morgan fingerprint density at radius 3 is 2.32 bits per heavy atom. The summed E-state index contributed by atoms with van der Waals surface area (Å²) in [6, 6.07) is 19.6. The topological polar surface area (TPSA) is 87.5 Å². The van der Waals surface area contributed by atoms with Crippen molar-refractivity contribution in [3.63, 3.8) is 0 Å². The molecule has 4 rings (SSSR count). The molecule has 31 heavy (non-hydrogen) atoms. The number of carbonyl (C=O) groups excluding carboxylic acids is 1. The molecule has 0 fully saturated rings. The zero-order valence-corrected chi connectivity index (χ0v) is 16.8. The standard InChI is InChI=1S/C23H20N4O4/c1-29-18-8-10-19(11-9-18)30-15-22(28)26-17-4-6-20(7-5-17)31-23-14-21(24-16-25-23)27-12-2-3-13-27/h2-14,16H,15H2,1H3,(H,26,28). The Balaban J connectivity index is 1.30. The molecule has 0 radical (unpaired) electrons. The van der Waals surface area contributed by atoms with E-state index in [-0.39, 0.29) is 12.5 Å². The van der Waals surface area contributed by atoms with Crippen LogP contribution in [0.3, 0.4) is 0 Å². The summed E-state index contributed by atoms with van der Waals surface area (Å²) in [5, 5.41) is 2.78. The lowest BCUT2D eigenvalue weighted by Crippen LogP contribution is -2.20. The van der Waals surface area contributed by atoms with Crippen LogP contribution in [0.1, 0.15) is 0 Å². The van der Waals surface area contributed by atoms with E-state index in [4.69, 9.17) is 14.2 Å². The molecular weight excluding hydrogens is 396 g/mol. The Hall–Kier alpha value is -4.33. The quantitative estimate of drug-likeness (QED) is 0.466. The highest BCUT2D eigenvalue weighted by atomic mass is 16.5. The molecule has 1 amide bonds. The van der Waals surface area contributed by atoms with Crippen molar-refractivity contribution in [1.29, 1.82) is 0 Å². The van der Waals surface area contributed by atoms with Crippen LogP contribution >= 0.6 is 0 Å². The fourth-order valence-electron chi connectivity index (χ4n) is 2.76. The Labute approximate surface area is 179 Å². The highest BCUT2D eigenvalue weighted by molar-refractivity contribution is 5.91. The molecule has 0 aliphatic rings. The van der Waals surface area contributed by atoms with E-state index in [1.807, 2.05) is 29.1 Å². The molecule has 2 heterocycles. The number of nitrogens with zero attached hydrogens (tertiary/aromatic N) is 3. The van der Waals surface area contributed by atoms with Crippen LogP contribution in [0.2, 0.25) is 0 Å². The monoisotopic (exact) mass is 416 g/mol. The van der Waals surface area contributed by atoms with E-state index in [0.29, 0.717) is 28.9 Å². The first kappa shape index (κ1) is 20.0. The average Bonchev–Trinajstić information content (AvgIpc) is 3.35. The van der Waals surface area contributed by atoms with Crippen molar-refractivity contribution in [2.24, 2.45) is 0 Å². The first-order chi connectivity index (χ1) is 15.2. The van der Waals surface area contributed by atoms with Gasteiger partial charge in [0.1, 0.15) is 29.4 Å². The summed E-state index contributed by atoms with van der Waals surface area (Å²) < 4.78 is 18.2. The number of hydrogen-bond acceptors (Lipinski definition) is 6. The van der Waals surface area contributed by atoms with Crippen LogP contribution in [-0.2, 0) is 4.79 Å². The van der Waals surface area contributed by atoms with Gasteiger partial charge in [0.05, 0.1) is 7.11 Å². The largest absolute Gasteiger partial charge is 0.497 e. The van der Waals surface area contributed by atoms with Crippen LogP contribution in [0.15, 0.2) is 85.5 Å². The average molecular weight is 416 g/mol. The van der Waals surface area contributed by atoms with Crippen molar-refractivity contribution < 1.29 is 19.0 Å². The van der Waals surface area contributed by atoms with Gasteiger partial charge in [0.2, 0.25) is 5.88 Å². The van der Waals surface area contributed by atoms with Gasteiger partial charge in [-0.3, -0.25) is 4.79 Å². The lowest BCUT2D eigenvalue weighted by atomic mass is 10.3. The Morgan fingerprint density at radius 2 is 1.61 bits per heavy atom. The van der Waals surface area contributed by atoms with Gasteiger partial charge in [-0.15, -0.1) is 0 Å². The first-order valence-corrected chi connectivity index (χ1v) is 9.49. The maximum absolute atomic E-state index is 12.1. The normalized spacial score (nSPS) is 10.4. The Morgan fingerprint density at radius 1 is 0.935 bits per heavy atom. The molecule has 0 atom stereocenters. The summed E-state index contributed by atoms with van der Waals surface area (Å²) in [6.45, 7) is -0.103. The lowest BCUT2D eigenvalue weighted by Gasteiger charge is -2.09. The highest BCUT2D eigenvalue weighted by Gasteiger charge is 2.06. The van der Waals surface area contributed by atoms with Gasteiger partial charge in [-0.25, -0.2) is 9.97 Å². The number of rotatable bonds is 8. The van der Waals surface area contributed by atoms with Crippen molar-refractivity contribution in [3.8, 4) is 28.9 Å². The number of amides is 1. The lowest BCUT2D eigenvalue weighted by molar-refractivity contribution is -0.118. The van der Waals surface area contributed by atoms with Crippen LogP contribution in [0.5, 0.6) is 23.1 Å². The van der Waals surface area contributed by atoms with Gasteiger partial charge >= 0.3 is 0 Å². The third-order valence-electron chi connectivity index (χ3n) is 4.29. The van der Waals surface area contributed by atoms with Crippen LogP contribution in [0.4, 0.5) is 5.69 Å². The molecule has 0 bridgehead atoms. The zero-order valence-electron chi connectivity index (χ0n) is 16.8. The minimum atomic E-state index is -0.267. The van der Waals surface area contributed by atoms with Gasteiger partial charge in [0, 0.05) is 24.1 Å². The van der Waals surface area contributed by atoms with Gasteiger partial charge < -0.3 is 24.1 Å². The van der Waals surface area contributed by atoms with E-state index in [2.05, 4.69) is 15.3 Å². The summed E-state index contributed by atoms with van der Waals surface area (Å²) in [5.41, 5.74) is 0.631. The van der Waals surface area contributed by atoms with Crippen LogP contribution in [0, 0.1) is 0 Å². The minimum Gasteiger partial charge on any atom is -0.497 e. The summed E-state index contributed by atoms with van der Waals surface area (Å²) in [6.07, 6.45) is 5.23.